The standard InChI is InChI=1S/C33H48N2O3S/c1-3-4-5-6-7-8-9-10-11-12-13-16-22-37-30-19-17-20-31(23-30)38-26-33(36)34-32-21-15-14-18-29(32)25-35-24-28(2)39-27-35/h14-15,17-21,23-24H,3-13,16,22,25-27H2,1-2H3,(H,34,36). The van der Waals surface area contributed by atoms with E-state index in [0.717, 1.165) is 35.8 Å². The van der Waals surface area contributed by atoms with E-state index in [0.29, 0.717) is 12.4 Å². The molecule has 6 heteroatoms. The Morgan fingerprint density at radius 2 is 1.49 bits per heavy atom. The molecule has 0 fully saturated rings. The van der Waals surface area contributed by atoms with Crippen LogP contribution in [0.15, 0.2) is 59.6 Å². The van der Waals surface area contributed by atoms with Crippen molar-refractivity contribution in [2.45, 2.75) is 97.4 Å². The molecule has 1 aliphatic rings. The topological polar surface area (TPSA) is 50.8 Å². The average molecular weight is 553 g/mol. The third-order valence-corrected chi connectivity index (χ3v) is 7.95. The lowest BCUT2D eigenvalue weighted by Crippen LogP contribution is -2.22. The number of para-hydroxylation sites is 1. The monoisotopic (exact) mass is 552 g/mol. The van der Waals surface area contributed by atoms with Gasteiger partial charge in [0.05, 0.1) is 12.5 Å². The third-order valence-electron chi connectivity index (χ3n) is 6.93. The lowest BCUT2D eigenvalue weighted by Gasteiger charge is -2.18. The molecule has 0 spiro atoms. The maximum Gasteiger partial charge on any atom is 0.262 e. The molecule has 0 saturated heterocycles. The molecule has 0 radical (unpaired) electrons. The Labute approximate surface area is 240 Å². The molecule has 2 aromatic carbocycles. The molecule has 214 valence electrons. The highest BCUT2D eigenvalue weighted by Crippen LogP contribution is 2.27. The summed E-state index contributed by atoms with van der Waals surface area (Å²) in [5, 5.41) is 3.01. The molecule has 1 amide bonds. The second-order valence-electron chi connectivity index (χ2n) is 10.5. The van der Waals surface area contributed by atoms with E-state index in [2.05, 4.69) is 36.3 Å². The second kappa shape index (κ2) is 18.6. The first-order valence-corrected chi connectivity index (χ1v) is 15.9. The van der Waals surface area contributed by atoms with E-state index >= 15 is 0 Å². The summed E-state index contributed by atoms with van der Waals surface area (Å²) in [6.45, 7) is 5.82. The van der Waals surface area contributed by atoms with Gasteiger partial charge in [-0.15, -0.1) is 11.8 Å². The number of amides is 1. The minimum atomic E-state index is -0.173. The van der Waals surface area contributed by atoms with Crippen molar-refractivity contribution in [1.29, 1.82) is 0 Å². The zero-order chi connectivity index (χ0) is 27.5. The Morgan fingerprint density at radius 1 is 0.846 bits per heavy atom. The summed E-state index contributed by atoms with van der Waals surface area (Å²) < 4.78 is 11.7. The zero-order valence-electron chi connectivity index (χ0n) is 24.1. The van der Waals surface area contributed by atoms with Crippen LogP contribution in [0.4, 0.5) is 5.69 Å². The van der Waals surface area contributed by atoms with Gasteiger partial charge in [-0.2, -0.15) is 0 Å². The number of hydrogen-bond donors (Lipinski definition) is 1. The van der Waals surface area contributed by atoms with Gasteiger partial charge in [-0.3, -0.25) is 4.79 Å². The predicted molar refractivity (Wildman–Crippen MR) is 165 cm³/mol. The van der Waals surface area contributed by atoms with Crippen LogP contribution in [-0.2, 0) is 11.3 Å². The van der Waals surface area contributed by atoms with E-state index in [-0.39, 0.29) is 12.5 Å². The van der Waals surface area contributed by atoms with Crippen LogP contribution in [0.1, 0.15) is 96.5 Å². The number of rotatable bonds is 20. The van der Waals surface area contributed by atoms with Crippen LogP contribution in [0, 0.1) is 0 Å². The van der Waals surface area contributed by atoms with Crippen molar-refractivity contribution in [3.63, 3.8) is 0 Å². The summed E-state index contributed by atoms with van der Waals surface area (Å²) >= 11 is 1.83. The average Bonchev–Trinajstić information content (AvgIpc) is 3.36. The Morgan fingerprint density at radius 3 is 2.15 bits per heavy atom. The molecule has 0 bridgehead atoms. The third kappa shape index (κ3) is 12.9. The van der Waals surface area contributed by atoms with Crippen LogP contribution >= 0.6 is 11.8 Å². The van der Waals surface area contributed by atoms with Crippen LogP contribution in [0.25, 0.3) is 0 Å². The number of nitrogens with zero attached hydrogens (tertiary/aromatic N) is 1. The molecule has 0 aromatic heterocycles. The Balaban J connectivity index is 1.28. The van der Waals surface area contributed by atoms with Crippen LogP contribution in [0.3, 0.4) is 0 Å². The highest BCUT2D eigenvalue weighted by atomic mass is 32.2. The number of carbonyl (C=O) groups excluding carboxylic acids is 1. The van der Waals surface area contributed by atoms with E-state index in [1.165, 1.54) is 75.5 Å². The molecule has 1 aliphatic heterocycles. The number of ether oxygens (including phenoxy) is 2. The summed E-state index contributed by atoms with van der Waals surface area (Å²) in [6.07, 6.45) is 18.2. The number of thioether (sulfide) groups is 1. The number of benzene rings is 2. The van der Waals surface area contributed by atoms with Crippen molar-refractivity contribution in [2.24, 2.45) is 0 Å². The van der Waals surface area contributed by atoms with Crippen molar-refractivity contribution in [2.75, 3.05) is 24.4 Å². The molecular formula is C33H48N2O3S. The van der Waals surface area contributed by atoms with Gasteiger partial charge in [-0.05, 0) is 42.0 Å². The normalized spacial score (nSPS) is 12.9. The molecule has 0 atom stereocenters. The largest absolute Gasteiger partial charge is 0.493 e. The summed E-state index contributed by atoms with van der Waals surface area (Å²) in [4.78, 5) is 16.2. The molecule has 39 heavy (non-hydrogen) atoms. The lowest BCUT2D eigenvalue weighted by atomic mass is 10.1. The van der Waals surface area contributed by atoms with E-state index in [1.807, 2.05) is 54.2 Å². The van der Waals surface area contributed by atoms with Gasteiger partial charge in [-0.25, -0.2) is 0 Å². The fourth-order valence-corrected chi connectivity index (χ4v) is 5.49. The van der Waals surface area contributed by atoms with Crippen molar-refractivity contribution >= 4 is 23.4 Å². The van der Waals surface area contributed by atoms with Crippen molar-refractivity contribution in [3.05, 3.63) is 65.2 Å². The van der Waals surface area contributed by atoms with Crippen molar-refractivity contribution in [1.82, 2.24) is 4.90 Å². The van der Waals surface area contributed by atoms with Gasteiger partial charge in [0.1, 0.15) is 11.5 Å². The molecule has 0 aliphatic carbocycles. The first kappa shape index (κ1) is 30.9. The van der Waals surface area contributed by atoms with Gasteiger partial charge in [0, 0.05) is 24.5 Å². The number of allylic oxidation sites excluding steroid dienone is 1. The lowest BCUT2D eigenvalue weighted by molar-refractivity contribution is -0.118. The van der Waals surface area contributed by atoms with Crippen LogP contribution in [0.5, 0.6) is 11.5 Å². The van der Waals surface area contributed by atoms with Gasteiger partial charge < -0.3 is 19.7 Å². The van der Waals surface area contributed by atoms with E-state index < -0.39 is 0 Å². The van der Waals surface area contributed by atoms with Gasteiger partial charge in [0.2, 0.25) is 0 Å². The zero-order valence-corrected chi connectivity index (χ0v) is 24.9. The highest BCUT2D eigenvalue weighted by Gasteiger charge is 2.13. The number of nitrogens with one attached hydrogen (secondary N) is 1. The smallest absolute Gasteiger partial charge is 0.262 e. The Hall–Kier alpha value is -2.60. The summed E-state index contributed by atoms with van der Waals surface area (Å²) in [6, 6.07) is 15.5. The fourth-order valence-electron chi connectivity index (χ4n) is 4.73. The molecule has 1 N–H and O–H groups in total. The molecule has 5 nitrogen and oxygen atoms in total. The molecule has 0 saturated carbocycles. The van der Waals surface area contributed by atoms with E-state index in [9.17, 15) is 4.79 Å². The molecule has 0 unspecified atom stereocenters. The van der Waals surface area contributed by atoms with E-state index in [4.69, 9.17) is 9.47 Å². The van der Waals surface area contributed by atoms with Gasteiger partial charge >= 0.3 is 0 Å². The molecule has 1 heterocycles. The van der Waals surface area contributed by atoms with E-state index in [1.54, 1.807) is 0 Å². The molecular weight excluding hydrogens is 504 g/mol. The minimum absolute atomic E-state index is 0.0465. The summed E-state index contributed by atoms with van der Waals surface area (Å²) in [7, 11) is 0. The molecule has 2 aromatic rings. The van der Waals surface area contributed by atoms with Gasteiger partial charge in [0.15, 0.2) is 6.61 Å². The SMILES string of the molecule is CCCCCCCCCCCCCCOc1cccc(OCC(=O)Nc2ccccc2CN2C=C(C)SC2)c1. The van der Waals surface area contributed by atoms with Crippen molar-refractivity contribution in [3.8, 4) is 11.5 Å². The van der Waals surface area contributed by atoms with Crippen LogP contribution in [-0.4, -0.2) is 29.9 Å². The fraction of sp³-hybridized carbons (Fsp3) is 0.545. The van der Waals surface area contributed by atoms with Gasteiger partial charge in [-0.1, -0.05) is 102 Å². The quantitative estimate of drug-likeness (QED) is 0.166. The number of hydrogen-bond acceptors (Lipinski definition) is 5. The van der Waals surface area contributed by atoms with Crippen LogP contribution in [0.2, 0.25) is 0 Å². The maximum atomic E-state index is 12.6. The Bertz CT molecular complexity index is 1010. The second-order valence-corrected chi connectivity index (χ2v) is 11.7. The minimum Gasteiger partial charge on any atom is -0.493 e. The Kier molecular flexibility index (Phi) is 14.8. The van der Waals surface area contributed by atoms with Gasteiger partial charge in [0.25, 0.3) is 5.91 Å². The first-order valence-electron chi connectivity index (χ1n) is 14.9. The highest BCUT2D eigenvalue weighted by molar-refractivity contribution is 8.03. The summed E-state index contributed by atoms with van der Waals surface area (Å²) in [5.41, 5.74) is 1.92. The number of carbonyl (C=O) groups is 1. The van der Waals surface area contributed by atoms with Crippen LogP contribution < -0.4 is 14.8 Å². The number of anilines is 1. The summed E-state index contributed by atoms with van der Waals surface area (Å²) in [5.74, 6) is 2.19. The molecule has 3 rings (SSSR count). The van der Waals surface area contributed by atoms with Crippen molar-refractivity contribution < 1.29 is 14.3 Å². The maximum absolute atomic E-state index is 12.6. The first-order chi connectivity index (χ1) is 19.1. The predicted octanol–water partition coefficient (Wildman–Crippen LogP) is 9.15. The number of unbranched alkanes of at least 4 members (excludes halogenated alkanes) is 11.